The number of thiophene rings is 1. The Morgan fingerprint density at radius 1 is 1.27 bits per heavy atom. The molecule has 1 aliphatic carbocycles. The largest absolute Gasteiger partial charge is 0.477 e. The van der Waals surface area contributed by atoms with Crippen LogP contribution in [-0.2, 0) is 9.53 Å². The fourth-order valence-electron chi connectivity index (χ4n) is 4.63. The number of aliphatic hydroxyl groups is 1. The highest BCUT2D eigenvalue weighted by Crippen LogP contribution is 2.45. The Hall–Kier alpha value is -1.68. The molecule has 6 heteroatoms. The van der Waals surface area contributed by atoms with Gasteiger partial charge in [-0.1, -0.05) is 43.9 Å². The predicted molar refractivity (Wildman–Crippen MR) is 117 cm³/mol. The van der Waals surface area contributed by atoms with Crippen molar-refractivity contribution in [2.24, 2.45) is 17.3 Å². The van der Waals surface area contributed by atoms with E-state index in [-0.39, 0.29) is 35.0 Å². The highest BCUT2D eigenvalue weighted by molar-refractivity contribution is 7.14. The molecule has 2 aliphatic rings. The second-order valence-corrected chi connectivity index (χ2v) is 10.5. The molecule has 5 nitrogen and oxygen atoms in total. The Labute approximate surface area is 182 Å². The number of hydrogen-bond donors (Lipinski definition) is 2. The molecule has 2 heterocycles. The molecule has 30 heavy (non-hydrogen) atoms. The molecule has 1 saturated carbocycles. The number of carbonyl (C=O) groups is 2. The molecule has 3 rings (SSSR count). The molecule has 2 N–H and O–H groups in total. The summed E-state index contributed by atoms with van der Waals surface area (Å²) >= 11 is 1.15. The van der Waals surface area contributed by atoms with Gasteiger partial charge in [-0.3, -0.25) is 4.79 Å². The summed E-state index contributed by atoms with van der Waals surface area (Å²) in [6.07, 6.45) is 5.15. The van der Waals surface area contributed by atoms with Crippen molar-refractivity contribution >= 4 is 23.1 Å². The average molecular weight is 433 g/mol. The smallest absolute Gasteiger partial charge is 0.346 e. The number of carboxylic acids is 1. The Morgan fingerprint density at radius 3 is 2.57 bits per heavy atom. The summed E-state index contributed by atoms with van der Waals surface area (Å²) in [6.45, 7) is 6.33. The van der Waals surface area contributed by atoms with Gasteiger partial charge in [-0.05, 0) is 44.2 Å². The molecule has 3 atom stereocenters. The normalized spacial score (nSPS) is 25.6. The summed E-state index contributed by atoms with van der Waals surface area (Å²) in [7, 11) is 0. The van der Waals surface area contributed by atoms with Gasteiger partial charge in [0.05, 0.1) is 17.4 Å². The molecule has 1 saturated heterocycles. The number of Topliss-reactive ketones (excluding diaryl/α,β-unsaturated/α-hetero) is 1. The molecule has 1 aromatic heterocycles. The van der Waals surface area contributed by atoms with Crippen molar-refractivity contribution in [2.45, 2.75) is 71.3 Å². The maximum atomic E-state index is 13.4. The monoisotopic (exact) mass is 432 g/mol. The minimum atomic E-state index is -1.01. The fourth-order valence-corrected chi connectivity index (χ4v) is 5.53. The minimum absolute atomic E-state index is 0.0242. The number of rotatable bonds is 5. The van der Waals surface area contributed by atoms with E-state index in [9.17, 15) is 19.8 Å². The average Bonchev–Trinajstić information content (AvgIpc) is 3.12. The first-order chi connectivity index (χ1) is 14.2. The van der Waals surface area contributed by atoms with Gasteiger partial charge in [0.1, 0.15) is 11.0 Å². The Kier molecular flexibility index (Phi) is 7.38. The second-order valence-electron chi connectivity index (χ2n) is 9.48. The van der Waals surface area contributed by atoms with Gasteiger partial charge in [0.25, 0.3) is 0 Å². The van der Waals surface area contributed by atoms with E-state index >= 15 is 0 Å². The van der Waals surface area contributed by atoms with Crippen LogP contribution in [0.25, 0.3) is 0 Å². The summed E-state index contributed by atoms with van der Waals surface area (Å²) in [5, 5.41) is 19.2. The van der Waals surface area contributed by atoms with E-state index in [2.05, 4.69) is 11.8 Å². The maximum Gasteiger partial charge on any atom is 0.346 e. The van der Waals surface area contributed by atoms with Crippen molar-refractivity contribution in [2.75, 3.05) is 13.2 Å². The van der Waals surface area contributed by atoms with Crippen molar-refractivity contribution in [3.8, 4) is 11.8 Å². The molecule has 0 radical (unpaired) electrons. The third-order valence-electron chi connectivity index (χ3n) is 6.04. The first-order valence-corrected chi connectivity index (χ1v) is 11.7. The number of carboxylic acid groups (broad SMARTS) is 1. The van der Waals surface area contributed by atoms with E-state index in [1.54, 1.807) is 0 Å². The van der Waals surface area contributed by atoms with Crippen LogP contribution in [0.4, 0.5) is 0 Å². The van der Waals surface area contributed by atoms with E-state index < -0.39 is 18.0 Å². The zero-order valence-corrected chi connectivity index (χ0v) is 18.9. The van der Waals surface area contributed by atoms with Crippen molar-refractivity contribution in [3.05, 3.63) is 21.4 Å². The summed E-state index contributed by atoms with van der Waals surface area (Å²) < 4.78 is 5.87. The lowest BCUT2D eigenvalue weighted by molar-refractivity contribution is -0.146. The van der Waals surface area contributed by atoms with E-state index in [4.69, 9.17) is 4.74 Å². The van der Waals surface area contributed by atoms with Gasteiger partial charge in [-0.15, -0.1) is 11.3 Å². The number of hydrogen-bond acceptors (Lipinski definition) is 5. The summed E-state index contributed by atoms with van der Waals surface area (Å²) in [4.78, 5) is 26.3. The predicted octanol–water partition coefficient (Wildman–Crippen LogP) is 4.47. The lowest BCUT2D eigenvalue weighted by Crippen LogP contribution is -2.45. The van der Waals surface area contributed by atoms with Crippen LogP contribution >= 0.6 is 11.3 Å². The zero-order valence-electron chi connectivity index (χ0n) is 18.1. The van der Waals surface area contributed by atoms with Crippen LogP contribution in [0.1, 0.15) is 85.3 Å². The van der Waals surface area contributed by atoms with Crippen molar-refractivity contribution in [1.82, 2.24) is 0 Å². The summed E-state index contributed by atoms with van der Waals surface area (Å²) in [5.74, 6) is 4.98. The molecule has 1 aromatic rings. The van der Waals surface area contributed by atoms with Crippen molar-refractivity contribution in [1.29, 1.82) is 0 Å². The van der Waals surface area contributed by atoms with Gasteiger partial charge in [-0.25, -0.2) is 4.79 Å². The van der Waals surface area contributed by atoms with Gasteiger partial charge >= 0.3 is 5.97 Å². The quantitative estimate of drug-likeness (QED) is 0.671. The van der Waals surface area contributed by atoms with E-state index in [0.29, 0.717) is 23.0 Å². The van der Waals surface area contributed by atoms with Crippen LogP contribution in [0.15, 0.2) is 6.07 Å². The molecule has 2 fully saturated rings. The van der Waals surface area contributed by atoms with Gasteiger partial charge in [0.2, 0.25) is 0 Å². The zero-order chi connectivity index (χ0) is 21.9. The van der Waals surface area contributed by atoms with Crippen LogP contribution in [0.2, 0.25) is 0 Å². The fraction of sp³-hybridized carbons (Fsp3) is 0.667. The number of aliphatic hydroxyl groups excluding tert-OH is 1. The number of ether oxygens (including phenoxy) is 1. The minimum Gasteiger partial charge on any atom is -0.477 e. The number of aromatic carboxylic acids is 1. The SMILES string of the molecule is CC(C)(C)C#Cc1cc(C2C(=O)[C@@H](CCO)OC[C@H]2C2CCCCC2)c(C(=O)O)s1. The van der Waals surface area contributed by atoms with Crippen LogP contribution in [0, 0.1) is 29.1 Å². The first kappa shape index (κ1) is 23.0. The van der Waals surface area contributed by atoms with E-state index in [1.807, 2.05) is 26.8 Å². The number of carbonyl (C=O) groups excluding carboxylic acids is 1. The van der Waals surface area contributed by atoms with Gasteiger partial charge < -0.3 is 14.9 Å². The molecule has 164 valence electrons. The van der Waals surface area contributed by atoms with Crippen LogP contribution in [0.3, 0.4) is 0 Å². The molecule has 0 amide bonds. The molecule has 1 aliphatic heterocycles. The molecule has 0 bridgehead atoms. The molecular formula is C24H32O5S. The van der Waals surface area contributed by atoms with Crippen LogP contribution in [-0.4, -0.2) is 41.3 Å². The molecule has 0 spiro atoms. The molecule has 1 unspecified atom stereocenters. The lowest BCUT2D eigenvalue weighted by Gasteiger charge is -2.40. The van der Waals surface area contributed by atoms with Gasteiger partial charge in [0.15, 0.2) is 5.78 Å². The lowest BCUT2D eigenvalue weighted by atomic mass is 9.69. The maximum absolute atomic E-state index is 13.4. The Morgan fingerprint density at radius 2 is 1.97 bits per heavy atom. The highest BCUT2D eigenvalue weighted by atomic mass is 32.1. The molecular weight excluding hydrogens is 400 g/mol. The topological polar surface area (TPSA) is 83.8 Å². The van der Waals surface area contributed by atoms with E-state index in [1.165, 1.54) is 6.42 Å². The summed E-state index contributed by atoms with van der Waals surface area (Å²) in [6, 6.07) is 1.81. The third-order valence-corrected chi connectivity index (χ3v) is 7.09. The van der Waals surface area contributed by atoms with Gasteiger partial charge in [-0.2, -0.15) is 0 Å². The third kappa shape index (κ3) is 5.32. The Bertz CT molecular complexity index is 832. The van der Waals surface area contributed by atoms with Gasteiger partial charge in [0, 0.05) is 18.4 Å². The molecule has 0 aromatic carbocycles. The Balaban J connectivity index is 2.03. The van der Waals surface area contributed by atoms with E-state index in [0.717, 1.165) is 37.0 Å². The van der Waals surface area contributed by atoms with Crippen LogP contribution < -0.4 is 0 Å². The standard InChI is InChI=1S/C24H32O5S/c1-24(2,3)11-9-16-13-17(22(30-16)23(27)28)20-18(15-7-5-4-6-8-15)14-29-19(10-12-25)21(20)26/h13,15,18-20,25H,4-8,10,12,14H2,1-3H3,(H,27,28)/t18-,19+,20?/m0/s1. The van der Waals surface area contributed by atoms with Crippen molar-refractivity contribution < 1.29 is 24.5 Å². The first-order valence-electron chi connectivity index (χ1n) is 10.9. The second kappa shape index (κ2) is 9.64. The highest BCUT2D eigenvalue weighted by Gasteiger charge is 2.45. The summed E-state index contributed by atoms with van der Waals surface area (Å²) in [5.41, 5.74) is 0.385. The van der Waals surface area contributed by atoms with Crippen LogP contribution in [0.5, 0.6) is 0 Å². The van der Waals surface area contributed by atoms with Crippen molar-refractivity contribution in [3.63, 3.8) is 0 Å². The number of ketones is 1.